The molecule has 0 bridgehead atoms. The number of hydrogen-bond donors (Lipinski definition) is 1. The fourth-order valence-corrected chi connectivity index (χ4v) is 2.55. The van der Waals surface area contributed by atoms with Gasteiger partial charge in [0, 0.05) is 6.04 Å². The van der Waals surface area contributed by atoms with Crippen molar-refractivity contribution in [3.05, 3.63) is 35.4 Å². The van der Waals surface area contributed by atoms with Crippen LogP contribution in [0.4, 0.5) is 0 Å². The highest BCUT2D eigenvalue weighted by atomic mass is 16.5. The van der Waals surface area contributed by atoms with E-state index in [1.807, 2.05) is 0 Å². The summed E-state index contributed by atoms with van der Waals surface area (Å²) in [5, 5.41) is 0. The van der Waals surface area contributed by atoms with E-state index in [2.05, 4.69) is 38.1 Å². The fourth-order valence-electron chi connectivity index (χ4n) is 2.55. The molecule has 1 saturated carbocycles. The molecule has 1 aliphatic rings. The molecule has 2 rings (SSSR count). The molecule has 1 fully saturated rings. The largest absolute Gasteiger partial charge is 0.373 e. The van der Waals surface area contributed by atoms with Crippen molar-refractivity contribution in [2.24, 2.45) is 5.73 Å². The van der Waals surface area contributed by atoms with Gasteiger partial charge in [0.25, 0.3) is 0 Å². The van der Waals surface area contributed by atoms with Gasteiger partial charge >= 0.3 is 0 Å². The average molecular weight is 247 g/mol. The van der Waals surface area contributed by atoms with Gasteiger partial charge in [-0.15, -0.1) is 0 Å². The maximum Gasteiger partial charge on any atom is 0.0720 e. The fraction of sp³-hybridized carbons (Fsp3) is 0.625. The van der Waals surface area contributed by atoms with Crippen molar-refractivity contribution in [1.29, 1.82) is 0 Å². The maximum absolute atomic E-state index is 5.97. The SMILES string of the molecule is CC(C)c1ccc(COC2CCCC(N)C2)cc1. The van der Waals surface area contributed by atoms with Crippen molar-refractivity contribution in [2.45, 2.75) is 64.2 Å². The Kier molecular flexibility index (Phi) is 4.79. The molecule has 1 aromatic rings. The third-order valence-corrected chi connectivity index (χ3v) is 3.80. The van der Waals surface area contributed by atoms with Crippen molar-refractivity contribution < 1.29 is 4.74 Å². The summed E-state index contributed by atoms with van der Waals surface area (Å²) in [4.78, 5) is 0. The van der Waals surface area contributed by atoms with E-state index in [0.29, 0.717) is 18.1 Å². The highest BCUT2D eigenvalue weighted by Gasteiger charge is 2.19. The predicted octanol–water partition coefficient (Wildman–Crippen LogP) is 3.60. The molecule has 100 valence electrons. The Balaban J connectivity index is 1.82. The van der Waals surface area contributed by atoms with Crippen LogP contribution in [0.5, 0.6) is 0 Å². The molecule has 0 saturated heterocycles. The van der Waals surface area contributed by atoms with E-state index >= 15 is 0 Å². The zero-order valence-electron chi connectivity index (χ0n) is 11.6. The molecule has 2 heteroatoms. The van der Waals surface area contributed by atoms with Crippen LogP contribution in [0.3, 0.4) is 0 Å². The molecule has 0 heterocycles. The van der Waals surface area contributed by atoms with Crippen LogP contribution >= 0.6 is 0 Å². The second kappa shape index (κ2) is 6.35. The Labute approximate surface area is 111 Å². The highest BCUT2D eigenvalue weighted by Crippen LogP contribution is 2.21. The van der Waals surface area contributed by atoms with Crippen LogP contribution in [-0.2, 0) is 11.3 Å². The third-order valence-electron chi connectivity index (χ3n) is 3.80. The minimum atomic E-state index is 0.340. The topological polar surface area (TPSA) is 35.2 Å². The molecule has 2 N–H and O–H groups in total. The second-order valence-corrected chi connectivity index (χ2v) is 5.76. The lowest BCUT2D eigenvalue weighted by atomic mass is 9.93. The number of nitrogens with two attached hydrogens (primary N) is 1. The molecule has 2 nitrogen and oxygen atoms in total. The van der Waals surface area contributed by atoms with E-state index in [1.165, 1.54) is 17.5 Å². The summed E-state index contributed by atoms with van der Waals surface area (Å²) in [5.41, 5.74) is 8.62. The Morgan fingerprint density at radius 3 is 2.56 bits per heavy atom. The average Bonchev–Trinajstić information content (AvgIpc) is 2.37. The Morgan fingerprint density at radius 2 is 1.94 bits per heavy atom. The Bertz CT molecular complexity index is 358. The summed E-state index contributed by atoms with van der Waals surface area (Å²) in [6.45, 7) is 5.15. The molecule has 0 aromatic heterocycles. The number of ether oxygens (including phenoxy) is 1. The summed E-state index contributed by atoms with van der Waals surface area (Å²) in [6, 6.07) is 9.11. The van der Waals surface area contributed by atoms with Gasteiger partial charge in [0.15, 0.2) is 0 Å². The van der Waals surface area contributed by atoms with Gasteiger partial charge in [0.05, 0.1) is 12.7 Å². The quantitative estimate of drug-likeness (QED) is 0.882. The summed E-state index contributed by atoms with van der Waals surface area (Å²) in [6.07, 6.45) is 4.90. The Morgan fingerprint density at radius 1 is 1.22 bits per heavy atom. The minimum absolute atomic E-state index is 0.340. The van der Waals surface area contributed by atoms with Crippen LogP contribution < -0.4 is 5.73 Å². The minimum Gasteiger partial charge on any atom is -0.373 e. The lowest BCUT2D eigenvalue weighted by Crippen LogP contribution is -2.32. The van der Waals surface area contributed by atoms with Crippen LogP contribution in [0, 0.1) is 0 Å². The van der Waals surface area contributed by atoms with Crippen LogP contribution in [0.15, 0.2) is 24.3 Å². The molecule has 0 amide bonds. The summed E-state index contributed by atoms with van der Waals surface area (Å²) < 4.78 is 5.96. The lowest BCUT2D eigenvalue weighted by Gasteiger charge is -2.26. The highest BCUT2D eigenvalue weighted by molar-refractivity contribution is 5.24. The summed E-state index contributed by atoms with van der Waals surface area (Å²) in [7, 11) is 0. The standard InChI is InChI=1S/C16H25NO/c1-12(2)14-8-6-13(7-9-14)11-18-16-5-3-4-15(17)10-16/h6-9,12,15-16H,3-5,10-11,17H2,1-2H3. The van der Waals surface area contributed by atoms with E-state index in [9.17, 15) is 0 Å². The van der Waals surface area contributed by atoms with Crippen molar-refractivity contribution in [1.82, 2.24) is 0 Å². The molecular formula is C16H25NO. The first kappa shape index (κ1) is 13.6. The van der Waals surface area contributed by atoms with Crippen molar-refractivity contribution in [2.75, 3.05) is 0 Å². The zero-order chi connectivity index (χ0) is 13.0. The molecule has 1 aliphatic carbocycles. The van der Waals surface area contributed by atoms with E-state index < -0.39 is 0 Å². The first-order chi connectivity index (χ1) is 8.65. The van der Waals surface area contributed by atoms with Crippen molar-refractivity contribution in [3.8, 4) is 0 Å². The van der Waals surface area contributed by atoms with Crippen molar-refractivity contribution >= 4 is 0 Å². The normalized spacial score (nSPS) is 24.4. The van der Waals surface area contributed by atoms with Crippen LogP contribution in [0.25, 0.3) is 0 Å². The van der Waals surface area contributed by atoms with Crippen LogP contribution in [0.2, 0.25) is 0 Å². The van der Waals surface area contributed by atoms with Crippen molar-refractivity contribution in [3.63, 3.8) is 0 Å². The zero-order valence-corrected chi connectivity index (χ0v) is 11.6. The van der Waals surface area contributed by atoms with Gasteiger partial charge in [-0.2, -0.15) is 0 Å². The molecule has 2 atom stereocenters. The van der Waals surface area contributed by atoms with Gasteiger partial charge in [0.2, 0.25) is 0 Å². The summed E-state index contributed by atoms with van der Waals surface area (Å²) in [5.74, 6) is 0.594. The Hall–Kier alpha value is -0.860. The maximum atomic E-state index is 5.97. The van der Waals surface area contributed by atoms with Gasteiger partial charge < -0.3 is 10.5 Å². The van der Waals surface area contributed by atoms with Gasteiger partial charge in [-0.05, 0) is 42.7 Å². The number of rotatable bonds is 4. The lowest BCUT2D eigenvalue weighted by molar-refractivity contribution is 0.0122. The second-order valence-electron chi connectivity index (χ2n) is 5.76. The molecule has 1 aromatic carbocycles. The summed E-state index contributed by atoms with van der Waals surface area (Å²) >= 11 is 0. The van der Waals surface area contributed by atoms with Gasteiger partial charge in [-0.1, -0.05) is 38.1 Å². The monoisotopic (exact) mass is 247 g/mol. The van der Waals surface area contributed by atoms with Crippen LogP contribution in [-0.4, -0.2) is 12.1 Å². The van der Waals surface area contributed by atoms with E-state index in [-0.39, 0.29) is 0 Å². The van der Waals surface area contributed by atoms with Gasteiger partial charge in [-0.25, -0.2) is 0 Å². The van der Waals surface area contributed by atoms with E-state index in [0.717, 1.165) is 25.9 Å². The van der Waals surface area contributed by atoms with E-state index in [1.54, 1.807) is 0 Å². The van der Waals surface area contributed by atoms with Gasteiger partial charge in [-0.3, -0.25) is 0 Å². The molecular weight excluding hydrogens is 222 g/mol. The molecule has 0 radical (unpaired) electrons. The smallest absolute Gasteiger partial charge is 0.0720 e. The van der Waals surface area contributed by atoms with Crippen LogP contribution in [0.1, 0.15) is 56.6 Å². The van der Waals surface area contributed by atoms with Gasteiger partial charge in [0.1, 0.15) is 0 Å². The number of benzene rings is 1. The van der Waals surface area contributed by atoms with E-state index in [4.69, 9.17) is 10.5 Å². The molecule has 0 aliphatic heterocycles. The first-order valence-corrected chi connectivity index (χ1v) is 7.11. The molecule has 2 unspecified atom stereocenters. The first-order valence-electron chi connectivity index (χ1n) is 7.11. The molecule has 18 heavy (non-hydrogen) atoms. The molecule has 0 spiro atoms. The number of hydrogen-bond acceptors (Lipinski definition) is 2. The third kappa shape index (κ3) is 3.82. The predicted molar refractivity (Wildman–Crippen MR) is 75.6 cm³/mol.